The Labute approximate surface area is 163 Å². The van der Waals surface area contributed by atoms with Crippen molar-refractivity contribution in [3.05, 3.63) is 59.2 Å². The van der Waals surface area contributed by atoms with Crippen molar-refractivity contribution >= 4 is 23.6 Å². The molecule has 0 aliphatic carbocycles. The summed E-state index contributed by atoms with van der Waals surface area (Å²) in [7, 11) is 2.71. The van der Waals surface area contributed by atoms with Gasteiger partial charge < -0.3 is 19.5 Å². The SMILES string of the molecule is COC(=O)COc1ccc(/C=C(\C#N)C(=O)Nc2cccc(C)c2)cc1OC. The number of benzene rings is 2. The third-order valence-corrected chi connectivity index (χ3v) is 3.71. The fourth-order valence-electron chi connectivity index (χ4n) is 2.33. The lowest BCUT2D eigenvalue weighted by molar-refractivity contribution is -0.142. The minimum atomic E-state index is -0.523. The van der Waals surface area contributed by atoms with Gasteiger partial charge in [0.1, 0.15) is 11.6 Å². The maximum Gasteiger partial charge on any atom is 0.343 e. The molecule has 28 heavy (non-hydrogen) atoms. The van der Waals surface area contributed by atoms with Crippen LogP contribution in [0.3, 0.4) is 0 Å². The zero-order chi connectivity index (χ0) is 20.5. The molecule has 7 nitrogen and oxygen atoms in total. The number of nitrogens with zero attached hydrogens (tertiary/aromatic N) is 1. The fourth-order valence-corrected chi connectivity index (χ4v) is 2.33. The first-order valence-electron chi connectivity index (χ1n) is 8.34. The highest BCUT2D eigenvalue weighted by atomic mass is 16.6. The van der Waals surface area contributed by atoms with Crippen LogP contribution in [0.15, 0.2) is 48.0 Å². The number of hydrogen-bond donors (Lipinski definition) is 1. The summed E-state index contributed by atoms with van der Waals surface area (Å²) in [4.78, 5) is 23.6. The van der Waals surface area contributed by atoms with E-state index in [-0.39, 0.29) is 12.2 Å². The lowest BCUT2D eigenvalue weighted by Gasteiger charge is -2.10. The Morgan fingerprint density at radius 1 is 1.14 bits per heavy atom. The first-order valence-corrected chi connectivity index (χ1v) is 8.34. The van der Waals surface area contributed by atoms with Crippen molar-refractivity contribution in [2.45, 2.75) is 6.92 Å². The Balaban J connectivity index is 2.19. The van der Waals surface area contributed by atoms with Gasteiger partial charge in [-0.1, -0.05) is 18.2 Å². The topological polar surface area (TPSA) is 97.7 Å². The van der Waals surface area contributed by atoms with Gasteiger partial charge in [-0.15, -0.1) is 0 Å². The summed E-state index contributed by atoms with van der Waals surface area (Å²) in [6.45, 7) is 1.65. The summed E-state index contributed by atoms with van der Waals surface area (Å²) in [6, 6.07) is 14.0. The van der Waals surface area contributed by atoms with Crippen LogP contribution in [0.5, 0.6) is 11.5 Å². The van der Waals surface area contributed by atoms with Gasteiger partial charge in [-0.05, 0) is 48.4 Å². The first kappa shape index (κ1) is 20.5. The number of carbonyl (C=O) groups is 2. The maximum atomic E-state index is 12.4. The van der Waals surface area contributed by atoms with Crippen molar-refractivity contribution < 1.29 is 23.8 Å². The average Bonchev–Trinajstić information content (AvgIpc) is 2.70. The van der Waals surface area contributed by atoms with E-state index < -0.39 is 11.9 Å². The summed E-state index contributed by atoms with van der Waals surface area (Å²) >= 11 is 0. The van der Waals surface area contributed by atoms with Crippen LogP contribution in [0, 0.1) is 18.3 Å². The van der Waals surface area contributed by atoms with Gasteiger partial charge in [0.05, 0.1) is 14.2 Å². The van der Waals surface area contributed by atoms with Crippen LogP contribution >= 0.6 is 0 Å². The van der Waals surface area contributed by atoms with Gasteiger partial charge in [0.15, 0.2) is 18.1 Å². The predicted octanol–water partition coefficient (Wildman–Crippen LogP) is 3.10. The van der Waals surface area contributed by atoms with Crippen molar-refractivity contribution in [2.24, 2.45) is 0 Å². The van der Waals surface area contributed by atoms with E-state index in [9.17, 15) is 14.9 Å². The molecule has 0 fully saturated rings. The second-order valence-corrected chi connectivity index (χ2v) is 5.77. The summed E-state index contributed by atoms with van der Waals surface area (Å²) in [5.41, 5.74) is 2.10. The quantitative estimate of drug-likeness (QED) is 0.450. The molecule has 2 aromatic carbocycles. The molecule has 0 unspecified atom stereocenters. The molecule has 0 spiro atoms. The van der Waals surface area contributed by atoms with Gasteiger partial charge in [-0.25, -0.2) is 4.79 Å². The third-order valence-electron chi connectivity index (χ3n) is 3.71. The molecule has 0 radical (unpaired) electrons. The van der Waals surface area contributed by atoms with Gasteiger partial charge in [0.25, 0.3) is 5.91 Å². The summed E-state index contributed by atoms with van der Waals surface area (Å²) < 4.78 is 15.1. The highest BCUT2D eigenvalue weighted by Crippen LogP contribution is 2.29. The van der Waals surface area contributed by atoms with E-state index in [0.29, 0.717) is 22.7 Å². The molecule has 0 saturated heterocycles. The molecule has 0 aromatic heterocycles. The highest BCUT2D eigenvalue weighted by Gasteiger charge is 2.12. The summed E-state index contributed by atoms with van der Waals surface area (Å²) in [5, 5.41) is 12.1. The number of amides is 1. The molecular formula is C21H20N2O5. The monoisotopic (exact) mass is 380 g/mol. The number of esters is 1. The molecule has 2 rings (SSSR count). The Kier molecular flexibility index (Phi) is 7.17. The van der Waals surface area contributed by atoms with E-state index in [1.807, 2.05) is 31.2 Å². The molecule has 0 aliphatic heterocycles. The van der Waals surface area contributed by atoms with Gasteiger partial charge >= 0.3 is 5.97 Å². The Hall–Kier alpha value is -3.79. The second-order valence-electron chi connectivity index (χ2n) is 5.77. The van der Waals surface area contributed by atoms with Gasteiger partial charge in [-0.3, -0.25) is 4.79 Å². The molecule has 0 saturated carbocycles. The number of ether oxygens (including phenoxy) is 3. The molecule has 0 bridgehead atoms. The number of anilines is 1. The summed E-state index contributed by atoms with van der Waals surface area (Å²) in [6.07, 6.45) is 1.44. The molecule has 1 N–H and O–H groups in total. The standard InChI is InChI=1S/C21H20N2O5/c1-14-5-4-6-17(9-14)23-21(25)16(12-22)10-15-7-8-18(19(11-15)26-2)28-13-20(24)27-3/h4-11H,13H2,1-3H3,(H,23,25)/b16-10+. The van der Waals surface area contributed by atoms with Crippen LogP contribution in [-0.2, 0) is 14.3 Å². The van der Waals surface area contributed by atoms with Crippen molar-refractivity contribution in [1.29, 1.82) is 5.26 Å². The fraction of sp³-hybridized carbons (Fsp3) is 0.190. The predicted molar refractivity (Wildman–Crippen MR) is 104 cm³/mol. The molecule has 1 amide bonds. The molecule has 144 valence electrons. The minimum Gasteiger partial charge on any atom is -0.493 e. The van der Waals surface area contributed by atoms with E-state index in [1.54, 1.807) is 24.3 Å². The lowest BCUT2D eigenvalue weighted by atomic mass is 10.1. The molecule has 0 aliphatic rings. The van der Waals surface area contributed by atoms with Crippen molar-refractivity contribution in [1.82, 2.24) is 0 Å². The number of methoxy groups -OCH3 is 2. The van der Waals surface area contributed by atoms with Gasteiger partial charge in [0.2, 0.25) is 0 Å². The Morgan fingerprint density at radius 2 is 1.93 bits per heavy atom. The van der Waals surface area contributed by atoms with E-state index in [4.69, 9.17) is 9.47 Å². The largest absolute Gasteiger partial charge is 0.493 e. The highest BCUT2D eigenvalue weighted by molar-refractivity contribution is 6.09. The molecular weight excluding hydrogens is 360 g/mol. The van der Waals surface area contributed by atoms with Gasteiger partial charge in [-0.2, -0.15) is 5.26 Å². The van der Waals surface area contributed by atoms with E-state index in [1.165, 1.54) is 20.3 Å². The molecule has 2 aromatic rings. The molecule has 0 atom stereocenters. The van der Waals surface area contributed by atoms with E-state index in [2.05, 4.69) is 10.1 Å². The van der Waals surface area contributed by atoms with Crippen LogP contribution in [0.25, 0.3) is 6.08 Å². The van der Waals surface area contributed by atoms with Crippen molar-refractivity contribution in [3.8, 4) is 17.6 Å². The maximum absolute atomic E-state index is 12.4. The normalized spacial score (nSPS) is 10.6. The number of nitriles is 1. The molecule has 7 heteroatoms. The lowest BCUT2D eigenvalue weighted by Crippen LogP contribution is -2.13. The molecule has 0 heterocycles. The summed E-state index contributed by atoms with van der Waals surface area (Å²) in [5.74, 6) is -0.342. The second kappa shape index (κ2) is 9.78. The number of nitrogens with one attached hydrogen (secondary N) is 1. The number of carbonyl (C=O) groups excluding carboxylic acids is 2. The Bertz CT molecular complexity index is 944. The minimum absolute atomic E-state index is 0.0632. The van der Waals surface area contributed by atoms with Crippen LogP contribution in [0.2, 0.25) is 0 Å². The van der Waals surface area contributed by atoms with Gasteiger partial charge in [0, 0.05) is 5.69 Å². The average molecular weight is 380 g/mol. The smallest absolute Gasteiger partial charge is 0.343 e. The van der Waals surface area contributed by atoms with Crippen LogP contribution < -0.4 is 14.8 Å². The number of hydrogen-bond acceptors (Lipinski definition) is 6. The third kappa shape index (κ3) is 5.61. The van der Waals surface area contributed by atoms with Crippen LogP contribution in [-0.4, -0.2) is 32.7 Å². The zero-order valence-corrected chi connectivity index (χ0v) is 15.8. The van der Waals surface area contributed by atoms with Crippen LogP contribution in [0.4, 0.5) is 5.69 Å². The Morgan fingerprint density at radius 3 is 2.57 bits per heavy atom. The number of rotatable bonds is 7. The van der Waals surface area contributed by atoms with Crippen molar-refractivity contribution in [3.63, 3.8) is 0 Å². The van der Waals surface area contributed by atoms with E-state index in [0.717, 1.165) is 5.56 Å². The van der Waals surface area contributed by atoms with Crippen LogP contribution in [0.1, 0.15) is 11.1 Å². The van der Waals surface area contributed by atoms with E-state index >= 15 is 0 Å². The zero-order valence-electron chi connectivity index (χ0n) is 15.8. The van der Waals surface area contributed by atoms with Crippen molar-refractivity contribution in [2.75, 3.05) is 26.1 Å². The first-order chi connectivity index (χ1) is 13.5. The number of aryl methyl sites for hydroxylation is 1.